The molecule has 0 saturated heterocycles. The highest BCUT2D eigenvalue weighted by molar-refractivity contribution is 9.11. The number of carbonyl (C=O) groups is 1. The largest absolute Gasteiger partial charge is 0.494 e. The molecule has 7 heteroatoms. The summed E-state index contributed by atoms with van der Waals surface area (Å²) in [4.78, 5) is 12.2. The maximum absolute atomic E-state index is 13.3. The molecule has 2 aromatic rings. The number of carbonyl (C=O) groups excluding carboxylic acids is 1. The van der Waals surface area contributed by atoms with Crippen molar-refractivity contribution < 1.29 is 13.9 Å². The molecule has 2 aromatic carbocycles. The molecule has 2 rings (SSSR count). The summed E-state index contributed by atoms with van der Waals surface area (Å²) in [5.74, 6) is -0.938. The van der Waals surface area contributed by atoms with Crippen LogP contribution >= 0.6 is 31.9 Å². The Balaban J connectivity index is 2.30. The fraction of sp³-hybridized carbons (Fsp3) is 0.0714. The number of methoxy groups -OCH3 is 1. The van der Waals surface area contributed by atoms with Crippen molar-refractivity contribution in [2.24, 2.45) is 0 Å². The molecule has 21 heavy (non-hydrogen) atoms. The second-order valence-corrected chi connectivity index (χ2v) is 5.93. The van der Waals surface area contributed by atoms with Crippen LogP contribution in [0.3, 0.4) is 0 Å². The van der Waals surface area contributed by atoms with Gasteiger partial charge in [0.15, 0.2) is 11.6 Å². The zero-order chi connectivity index (χ0) is 15.6. The molecule has 0 bridgehead atoms. The van der Waals surface area contributed by atoms with Gasteiger partial charge < -0.3 is 15.8 Å². The van der Waals surface area contributed by atoms with Crippen molar-refractivity contribution in [1.29, 1.82) is 0 Å². The van der Waals surface area contributed by atoms with Crippen molar-refractivity contribution in [3.05, 3.63) is 50.7 Å². The highest BCUT2D eigenvalue weighted by Gasteiger charge is 2.14. The molecule has 0 aliphatic rings. The summed E-state index contributed by atoms with van der Waals surface area (Å²) in [7, 11) is 1.34. The van der Waals surface area contributed by atoms with Gasteiger partial charge in [0, 0.05) is 14.5 Å². The smallest absolute Gasteiger partial charge is 0.255 e. The number of hydrogen-bond donors (Lipinski definition) is 2. The number of ether oxygens (including phenoxy) is 1. The summed E-state index contributed by atoms with van der Waals surface area (Å²) in [5.41, 5.74) is 6.99. The van der Waals surface area contributed by atoms with Crippen LogP contribution < -0.4 is 15.8 Å². The Hall–Kier alpha value is -1.60. The lowest BCUT2D eigenvalue weighted by molar-refractivity contribution is 0.102. The van der Waals surface area contributed by atoms with Crippen molar-refractivity contribution in [2.45, 2.75) is 0 Å². The fourth-order valence-electron chi connectivity index (χ4n) is 1.71. The molecule has 0 aliphatic heterocycles. The summed E-state index contributed by atoms with van der Waals surface area (Å²) in [6.45, 7) is 0. The quantitative estimate of drug-likeness (QED) is 0.735. The van der Waals surface area contributed by atoms with E-state index in [4.69, 9.17) is 10.5 Å². The molecule has 0 aliphatic carbocycles. The van der Waals surface area contributed by atoms with Crippen LogP contribution in [-0.4, -0.2) is 13.0 Å². The van der Waals surface area contributed by atoms with Crippen LogP contribution in [0.5, 0.6) is 5.75 Å². The lowest BCUT2D eigenvalue weighted by atomic mass is 10.2. The Kier molecular flexibility index (Phi) is 4.84. The van der Waals surface area contributed by atoms with Crippen LogP contribution in [0.1, 0.15) is 10.4 Å². The second-order valence-electron chi connectivity index (χ2n) is 4.16. The van der Waals surface area contributed by atoms with Crippen molar-refractivity contribution in [3.63, 3.8) is 0 Å². The molecule has 110 valence electrons. The van der Waals surface area contributed by atoms with Crippen LogP contribution in [-0.2, 0) is 0 Å². The molecular formula is C14H11Br2FN2O2. The maximum atomic E-state index is 13.3. The van der Waals surface area contributed by atoms with Crippen molar-refractivity contribution in [3.8, 4) is 5.75 Å². The molecule has 0 unspecified atom stereocenters. The van der Waals surface area contributed by atoms with E-state index in [0.29, 0.717) is 15.8 Å². The van der Waals surface area contributed by atoms with E-state index in [1.807, 2.05) is 0 Å². The summed E-state index contributed by atoms with van der Waals surface area (Å²) in [6, 6.07) is 7.31. The van der Waals surface area contributed by atoms with Gasteiger partial charge in [-0.1, -0.05) is 15.9 Å². The van der Waals surface area contributed by atoms with Gasteiger partial charge in [0.25, 0.3) is 5.91 Å². The maximum Gasteiger partial charge on any atom is 0.255 e. The molecule has 4 nitrogen and oxygen atoms in total. The summed E-state index contributed by atoms with van der Waals surface area (Å²) >= 11 is 6.63. The fourth-order valence-corrected chi connectivity index (χ4v) is 3.07. The monoisotopic (exact) mass is 416 g/mol. The van der Waals surface area contributed by atoms with Crippen LogP contribution in [0.4, 0.5) is 15.8 Å². The van der Waals surface area contributed by atoms with Gasteiger partial charge >= 0.3 is 0 Å². The minimum absolute atomic E-state index is 0.00509. The Morgan fingerprint density at radius 2 is 2.00 bits per heavy atom. The van der Waals surface area contributed by atoms with Gasteiger partial charge in [0.2, 0.25) is 0 Å². The molecule has 0 atom stereocenters. The van der Waals surface area contributed by atoms with Crippen LogP contribution in [0.25, 0.3) is 0 Å². The highest BCUT2D eigenvalue weighted by atomic mass is 79.9. The Morgan fingerprint density at radius 3 is 2.62 bits per heavy atom. The van der Waals surface area contributed by atoms with Gasteiger partial charge in [-0.2, -0.15) is 0 Å². The third-order valence-electron chi connectivity index (χ3n) is 2.74. The summed E-state index contributed by atoms with van der Waals surface area (Å²) in [6.07, 6.45) is 0. The van der Waals surface area contributed by atoms with Crippen LogP contribution in [0.2, 0.25) is 0 Å². The normalized spacial score (nSPS) is 10.3. The first-order valence-electron chi connectivity index (χ1n) is 5.81. The first-order chi connectivity index (χ1) is 9.92. The number of nitrogens with one attached hydrogen (secondary N) is 1. The van der Waals surface area contributed by atoms with Crippen molar-refractivity contribution in [2.75, 3.05) is 18.2 Å². The lowest BCUT2D eigenvalue weighted by Gasteiger charge is -2.12. The minimum atomic E-state index is -0.529. The standard InChI is InChI=1S/C14H11Br2FN2O2/c1-21-12-4-7(2-3-10(12)17)14(20)19-13-9(16)5-8(15)6-11(13)18/h2-6H,18H2,1H3,(H,19,20). The molecule has 0 heterocycles. The third kappa shape index (κ3) is 3.54. The number of anilines is 2. The zero-order valence-corrected chi connectivity index (χ0v) is 14.1. The molecule has 0 radical (unpaired) electrons. The molecular weight excluding hydrogens is 407 g/mol. The van der Waals surface area contributed by atoms with Gasteiger partial charge in [-0.25, -0.2) is 4.39 Å². The first kappa shape index (κ1) is 15.8. The van der Waals surface area contributed by atoms with Gasteiger partial charge in [-0.15, -0.1) is 0 Å². The minimum Gasteiger partial charge on any atom is -0.494 e. The van der Waals surface area contributed by atoms with E-state index in [0.717, 1.165) is 4.47 Å². The predicted molar refractivity (Wildman–Crippen MR) is 87.2 cm³/mol. The van der Waals surface area contributed by atoms with E-state index in [2.05, 4.69) is 37.2 Å². The number of benzene rings is 2. The highest BCUT2D eigenvalue weighted by Crippen LogP contribution is 2.33. The molecule has 0 spiro atoms. The number of rotatable bonds is 3. The molecule has 3 N–H and O–H groups in total. The lowest BCUT2D eigenvalue weighted by Crippen LogP contribution is -2.14. The number of nitrogen functional groups attached to an aromatic ring is 1. The average Bonchev–Trinajstić information content (AvgIpc) is 2.43. The molecule has 0 saturated carbocycles. The van der Waals surface area contributed by atoms with E-state index in [1.54, 1.807) is 12.1 Å². The van der Waals surface area contributed by atoms with E-state index in [-0.39, 0.29) is 11.3 Å². The zero-order valence-electron chi connectivity index (χ0n) is 10.9. The van der Waals surface area contributed by atoms with Crippen LogP contribution in [0.15, 0.2) is 39.3 Å². The van der Waals surface area contributed by atoms with E-state index in [1.165, 1.54) is 25.3 Å². The van der Waals surface area contributed by atoms with Gasteiger partial charge in [-0.3, -0.25) is 4.79 Å². The van der Waals surface area contributed by atoms with Gasteiger partial charge in [0.05, 0.1) is 18.5 Å². The molecule has 1 amide bonds. The Labute approximate surface area is 137 Å². The summed E-state index contributed by atoms with van der Waals surface area (Å²) < 4.78 is 19.6. The topological polar surface area (TPSA) is 64.3 Å². The third-order valence-corrected chi connectivity index (χ3v) is 3.82. The Bertz CT molecular complexity index is 684. The number of nitrogens with two attached hydrogens (primary N) is 1. The molecule has 0 fully saturated rings. The van der Waals surface area contributed by atoms with E-state index >= 15 is 0 Å². The van der Waals surface area contributed by atoms with Crippen molar-refractivity contribution in [1.82, 2.24) is 0 Å². The van der Waals surface area contributed by atoms with E-state index in [9.17, 15) is 9.18 Å². The number of hydrogen-bond acceptors (Lipinski definition) is 3. The predicted octanol–water partition coefficient (Wildman–Crippen LogP) is 4.19. The number of halogens is 3. The SMILES string of the molecule is COc1cc(C(=O)Nc2c(N)cc(Br)cc2Br)ccc1F. The van der Waals surface area contributed by atoms with Crippen molar-refractivity contribution >= 4 is 49.1 Å². The first-order valence-corrected chi connectivity index (χ1v) is 7.40. The van der Waals surface area contributed by atoms with Gasteiger partial charge in [0.1, 0.15) is 0 Å². The molecule has 0 aromatic heterocycles. The summed E-state index contributed by atoms with van der Waals surface area (Å²) in [5, 5.41) is 2.68. The number of amides is 1. The average molecular weight is 418 g/mol. The van der Waals surface area contributed by atoms with Gasteiger partial charge in [-0.05, 0) is 46.3 Å². The van der Waals surface area contributed by atoms with E-state index < -0.39 is 11.7 Å². The Morgan fingerprint density at radius 1 is 1.29 bits per heavy atom. The van der Waals surface area contributed by atoms with Crippen LogP contribution in [0, 0.1) is 5.82 Å². The second kappa shape index (κ2) is 6.44.